The number of aryl methyl sites for hydroxylation is 1. The first-order chi connectivity index (χ1) is 12.2. The zero-order valence-corrected chi connectivity index (χ0v) is 15.2. The Labute approximate surface area is 150 Å². The molecule has 1 aromatic heterocycles. The number of carbonyl (C=O) groups excluding carboxylic acids is 1. The van der Waals surface area contributed by atoms with Gasteiger partial charge in [0.25, 0.3) is 0 Å². The van der Waals surface area contributed by atoms with Crippen LogP contribution in [-0.2, 0) is 17.8 Å². The SMILES string of the molecule is CCCCc1ncc(CN2CCN(C(C)=O)[C@H](c3ccccc3)C2)[nH]1. The summed E-state index contributed by atoms with van der Waals surface area (Å²) in [5.41, 5.74) is 2.37. The Kier molecular flexibility index (Phi) is 5.87. The number of nitrogens with one attached hydrogen (secondary N) is 1. The molecule has 1 fully saturated rings. The summed E-state index contributed by atoms with van der Waals surface area (Å²) in [6, 6.07) is 10.5. The number of H-pyrrole nitrogens is 1. The van der Waals surface area contributed by atoms with Gasteiger partial charge in [-0.05, 0) is 12.0 Å². The summed E-state index contributed by atoms with van der Waals surface area (Å²) in [6.45, 7) is 7.24. The van der Waals surface area contributed by atoms with Crippen LogP contribution in [0.3, 0.4) is 0 Å². The van der Waals surface area contributed by atoms with Crippen molar-refractivity contribution in [2.45, 2.75) is 45.7 Å². The van der Waals surface area contributed by atoms with Crippen molar-refractivity contribution in [2.24, 2.45) is 0 Å². The van der Waals surface area contributed by atoms with Crippen LogP contribution in [0.5, 0.6) is 0 Å². The Balaban J connectivity index is 1.67. The van der Waals surface area contributed by atoms with Crippen LogP contribution >= 0.6 is 0 Å². The number of nitrogens with zero attached hydrogens (tertiary/aromatic N) is 3. The molecule has 1 atom stereocenters. The van der Waals surface area contributed by atoms with Crippen molar-refractivity contribution in [1.82, 2.24) is 19.8 Å². The Morgan fingerprint density at radius 1 is 1.28 bits per heavy atom. The van der Waals surface area contributed by atoms with Gasteiger partial charge in [-0.1, -0.05) is 43.7 Å². The predicted molar refractivity (Wildman–Crippen MR) is 99.0 cm³/mol. The predicted octanol–water partition coefficient (Wildman–Crippen LogP) is 3.16. The normalized spacial score (nSPS) is 18.5. The molecule has 1 N–H and O–H groups in total. The first kappa shape index (κ1) is 17.7. The number of unbranched alkanes of at least 4 members (excludes halogenated alkanes) is 1. The number of piperazine rings is 1. The zero-order chi connectivity index (χ0) is 17.6. The molecule has 3 rings (SSSR count). The lowest BCUT2D eigenvalue weighted by atomic mass is 10.0. The summed E-state index contributed by atoms with van der Waals surface area (Å²) in [4.78, 5) is 24.4. The van der Waals surface area contributed by atoms with Crippen LogP contribution in [-0.4, -0.2) is 45.3 Å². The highest BCUT2D eigenvalue weighted by molar-refractivity contribution is 5.74. The molecular formula is C20H28N4O. The lowest BCUT2D eigenvalue weighted by Crippen LogP contribution is -2.49. The van der Waals surface area contributed by atoms with Gasteiger partial charge in [0, 0.05) is 51.4 Å². The fourth-order valence-electron chi connectivity index (χ4n) is 3.52. The number of benzene rings is 1. The van der Waals surface area contributed by atoms with Gasteiger partial charge in [0.1, 0.15) is 5.82 Å². The molecule has 5 nitrogen and oxygen atoms in total. The van der Waals surface area contributed by atoms with Crippen molar-refractivity contribution in [2.75, 3.05) is 19.6 Å². The van der Waals surface area contributed by atoms with E-state index in [1.165, 1.54) is 18.4 Å². The van der Waals surface area contributed by atoms with E-state index < -0.39 is 0 Å². The molecule has 1 aromatic carbocycles. The lowest BCUT2D eigenvalue weighted by molar-refractivity contribution is -0.134. The van der Waals surface area contributed by atoms with Gasteiger partial charge >= 0.3 is 0 Å². The summed E-state index contributed by atoms with van der Waals surface area (Å²) >= 11 is 0. The third-order valence-electron chi connectivity index (χ3n) is 4.90. The number of hydrogen-bond acceptors (Lipinski definition) is 3. The topological polar surface area (TPSA) is 52.2 Å². The van der Waals surface area contributed by atoms with Crippen molar-refractivity contribution < 1.29 is 4.79 Å². The first-order valence-electron chi connectivity index (χ1n) is 9.24. The quantitative estimate of drug-likeness (QED) is 0.879. The van der Waals surface area contributed by atoms with E-state index >= 15 is 0 Å². The van der Waals surface area contributed by atoms with Crippen LogP contribution in [0, 0.1) is 0 Å². The smallest absolute Gasteiger partial charge is 0.220 e. The fourth-order valence-corrected chi connectivity index (χ4v) is 3.52. The molecule has 25 heavy (non-hydrogen) atoms. The Bertz CT molecular complexity index is 682. The number of aromatic amines is 1. The Morgan fingerprint density at radius 2 is 2.08 bits per heavy atom. The highest BCUT2D eigenvalue weighted by atomic mass is 16.2. The Morgan fingerprint density at radius 3 is 2.80 bits per heavy atom. The molecule has 2 heterocycles. The van der Waals surface area contributed by atoms with Crippen LogP contribution in [0.15, 0.2) is 36.5 Å². The van der Waals surface area contributed by atoms with Gasteiger partial charge in [0.2, 0.25) is 5.91 Å². The van der Waals surface area contributed by atoms with Gasteiger partial charge < -0.3 is 9.88 Å². The largest absolute Gasteiger partial charge is 0.345 e. The van der Waals surface area contributed by atoms with Crippen LogP contribution in [0.25, 0.3) is 0 Å². The molecule has 2 aromatic rings. The molecule has 5 heteroatoms. The molecule has 1 aliphatic heterocycles. The van der Waals surface area contributed by atoms with Gasteiger partial charge in [-0.25, -0.2) is 4.98 Å². The van der Waals surface area contributed by atoms with Crippen LogP contribution < -0.4 is 0 Å². The third-order valence-corrected chi connectivity index (χ3v) is 4.90. The molecule has 0 aliphatic carbocycles. The van der Waals surface area contributed by atoms with E-state index in [9.17, 15) is 4.79 Å². The maximum absolute atomic E-state index is 12.0. The minimum absolute atomic E-state index is 0.120. The van der Waals surface area contributed by atoms with E-state index in [4.69, 9.17) is 0 Å². The molecule has 134 valence electrons. The maximum atomic E-state index is 12.0. The Hall–Kier alpha value is -2.14. The second-order valence-corrected chi connectivity index (χ2v) is 6.83. The number of hydrogen-bond donors (Lipinski definition) is 1. The monoisotopic (exact) mass is 340 g/mol. The van der Waals surface area contributed by atoms with Crippen LogP contribution in [0.1, 0.15) is 49.8 Å². The lowest BCUT2D eigenvalue weighted by Gasteiger charge is -2.41. The number of amides is 1. The van der Waals surface area contributed by atoms with Gasteiger partial charge in [0.05, 0.1) is 6.04 Å². The van der Waals surface area contributed by atoms with Crippen molar-refractivity contribution in [3.05, 3.63) is 53.6 Å². The van der Waals surface area contributed by atoms with E-state index in [0.717, 1.165) is 44.1 Å². The van der Waals surface area contributed by atoms with Crippen molar-refractivity contribution in [3.8, 4) is 0 Å². The number of imidazole rings is 1. The van der Waals surface area contributed by atoms with Gasteiger partial charge in [-0.15, -0.1) is 0 Å². The molecular weight excluding hydrogens is 312 g/mol. The molecule has 1 saturated heterocycles. The summed E-state index contributed by atoms with van der Waals surface area (Å²) in [7, 11) is 0. The summed E-state index contributed by atoms with van der Waals surface area (Å²) in [5.74, 6) is 1.23. The second kappa shape index (κ2) is 8.30. The molecule has 0 radical (unpaired) electrons. The second-order valence-electron chi connectivity index (χ2n) is 6.83. The van der Waals surface area contributed by atoms with Gasteiger partial charge in [-0.2, -0.15) is 0 Å². The van der Waals surface area contributed by atoms with E-state index in [1.807, 2.05) is 29.3 Å². The minimum Gasteiger partial charge on any atom is -0.345 e. The minimum atomic E-state index is 0.120. The summed E-state index contributed by atoms with van der Waals surface area (Å²) in [5, 5.41) is 0. The third kappa shape index (κ3) is 4.48. The maximum Gasteiger partial charge on any atom is 0.220 e. The first-order valence-corrected chi connectivity index (χ1v) is 9.24. The standard InChI is InChI=1S/C20H28N4O/c1-3-4-10-20-21-13-18(22-20)14-23-11-12-24(16(2)25)19(15-23)17-8-6-5-7-9-17/h5-9,13,19H,3-4,10-12,14-15H2,1-2H3,(H,21,22)/t19-/m0/s1. The molecule has 1 aliphatic rings. The van der Waals surface area contributed by atoms with E-state index in [2.05, 4.69) is 33.9 Å². The highest BCUT2D eigenvalue weighted by Gasteiger charge is 2.29. The summed E-state index contributed by atoms with van der Waals surface area (Å²) < 4.78 is 0. The van der Waals surface area contributed by atoms with E-state index in [0.29, 0.717) is 0 Å². The zero-order valence-electron chi connectivity index (χ0n) is 15.2. The molecule has 0 spiro atoms. The van der Waals surface area contributed by atoms with Crippen molar-refractivity contribution in [1.29, 1.82) is 0 Å². The van der Waals surface area contributed by atoms with Crippen LogP contribution in [0.2, 0.25) is 0 Å². The average molecular weight is 340 g/mol. The fraction of sp³-hybridized carbons (Fsp3) is 0.500. The average Bonchev–Trinajstić information content (AvgIpc) is 3.07. The number of aromatic nitrogens is 2. The summed E-state index contributed by atoms with van der Waals surface area (Å²) in [6.07, 6.45) is 5.32. The molecule has 0 saturated carbocycles. The number of carbonyl (C=O) groups is 1. The molecule has 0 unspecified atom stereocenters. The highest BCUT2D eigenvalue weighted by Crippen LogP contribution is 2.26. The van der Waals surface area contributed by atoms with Crippen LogP contribution in [0.4, 0.5) is 0 Å². The van der Waals surface area contributed by atoms with Gasteiger partial charge in [0.15, 0.2) is 0 Å². The van der Waals surface area contributed by atoms with Crippen molar-refractivity contribution in [3.63, 3.8) is 0 Å². The molecule has 0 bridgehead atoms. The number of rotatable bonds is 6. The van der Waals surface area contributed by atoms with E-state index in [1.54, 1.807) is 6.92 Å². The molecule has 1 amide bonds. The van der Waals surface area contributed by atoms with Crippen molar-refractivity contribution >= 4 is 5.91 Å². The van der Waals surface area contributed by atoms with Gasteiger partial charge in [-0.3, -0.25) is 9.69 Å². The van der Waals surface area contributed by atoms with E-state index in [-0.39, 0.29) is 11.9 Å².